The van der Waals surface area contributed by atoms with Crippen molar-refractivity contribution in [1.29, 1.82) is 0 Å². The van der Waals surface area contributed by atoms with Crippen molar-refractivity contribution < 1.29 is 13.2 Å². The Balaban J connectivity index is 1.98. The third-order valence-corrected chi connectivity index (χ3v) is 5.68. The van der Waals surface area contributed by atoms with Gasteiger partial charge in [0.15, 0.2) is 0 Å². The minimum atomic E-state index is -3.14. The molecule has 0 atom stereocenters. The van der Waals surface area contributed by atoms with Gasteiger partial charge in [0.05, 0.1) is 12.2 Å². The summed E-state index contributed by atoms with van der Waals surface area (Å²) in [6.45, 7) is 4.82. The van der Waals surface area contributed by atoms with Crippen LogP contribution in [0.3, 0.4) is 0 Å². The van der Waals surface area contributed by atoms with Gasteiger partial charge in [-0.2, -0.15) is 0 Å². The molecule has 0 aromatic carbocycles. The van der Waals surface area contributed by atoms with E-state index in [4.69, 9.17) is 0 Å². The lowest BCUT2D eigenvalue weighted by Gasteiger charge is -2.44. The van der Waals surface area contributed by atoms with E-state index in [1.807, 2.05) is 4.90 Å². The van der Waals surface area contributed by atoms with Gasteiger partial charge in [-0.3, -0.25) is 4.79 Å². The van der Waals surface area contributed by atoms with E-state index < -0.39 is 10.0 Å². The third kappa shape index (κ3) is 3.34. The molecule has 2 aliphatic rings. The van der Waals surface area contributed by atoms with E-state index in [9.17, 15) is 13.2 Å². The molecule has 0 aromatic rings. The zero-order valence-corrected chi connectivity index (χ0v) is 13.5. The lowest BCUT2D eigenvalue weighted by atomic mass is 9.91. The second-order valence-electron chi connectivity index (χ2n) is 6.41. The average molecular weight is 302 g/mol. The molecule has 0 aromatic heterocycles. The van der Waals surface area contributed by atoms with Crippen LogP contribution in [0.25, 0.3) is 0 Å². The molecule has 1 amide bonds. The summed E-state index contributed by atoms with van der Waals surface area (Å²) in [5.41, 5.74) is 0. The van der Waals surface area contributed by atoms with Crippen LogP contribution >= 0.6 is 0 Å². The Kier molecular flexibility index (Phi) is 4.74. The summed E-state index contributed by atoms with van der Waals surface area (Å²) in [6.07, 6.45) is 7.04. The van der Waals surface area contributed by atoms with Crippen molar-refractivity contribution in [2.45, 2.75) is 58.0 Å². The number of rotatable bonds is 4. The Morgan fingerprint density at radius 3 is 2.15 bits per heavy atom. The number of hydrogen-bond acceptors (Lipinski definition) is 3. The van der Waals surface area contributed by atoms with E-state index in [1.54, 1.807) is 0 Å². The number of carbonyl (C=O) groups is 1. The number of amides is 1. The smallest absolute Gasteiger partial charge is 0.228 e. The second kappa shape index (κ2) is 6.02. The Hall–Kier alpha value is -0.620. The van der Waals surface area contributed by atoms with Crippen molar-refractivity contribution in [3.8, 4) is 0 Å². The van der Waals surface area contributed by atoms with E-state index in [1.165, 1.54) is 29.8 Å². The summed E-state index contributed by atoms with van der Waals surface area (Å²) < 4.78 is 24.2. The number of carbonyl (C=O) groups excluding carboxylic acids is 1. The molecule has 0 bridgehead atoms. The van der Waals surface area contributed by atoms with E-state index >= 15 is 0 Å². The van der Waals surface area contributed by atoms with Crippen LogP contribution in [-0.4, -0.2) is 55.0 Å². The van der Waals surface area contributed by atoms with Crippen molar-refractivity contribution in [1.82, 2.24) is 9.21 Å². The Morgan fingerprint density at radius 2 is 1.70 bits per heavy atom. The maximum absolute atomic E-state index is 12.6. The highest BCUT2D eigenvalue weighted by molar-refractivity contribution is 7.88. The van der Waals surface area contributed by atoms with Crippen LogP contribution in [0, 0.1) is 5.92 Å². The van der Waals surface area contributed by atoms with Gasteiger partial charge in [-0.05, 0) is 26.7 Å². The third-order valence-electron chi connectivity index (χ3n) is 4.45. The SMILES string of the molecule is CC(C)N(C(=O)C1CN(S(C)(=O)=O)C1)C1CCCCC1. The topological polar surface area (TPSA) is 57.7 Å². The Morgan fingerprint density at radius 1 is 1.15 bits per heavy atom. The zero-order valence-electron chi connectivity index (χ0n) is 12.7. The standard InChI is InChI=1S/C14H26N2O3S/c1-11(2)16(13-7-5-4-6-8-13)14(17)12-9-15(10-12)20(3,18)19/h11-13H,4-10H2,1-3H3. The molecule has 5 nitrogen and oxygen atoms in total. The van der Waals surface area contributed by atoms with Gasteiger partial charge in [-0.15, -0.1) is 0 Å². The van der Waals surface area contributed by atoms with Crippen LogP contribution in [0.2, 0.25) is 0 Å². The quantitative estimate of drug-likeness (QED) is 0.790. The van der Waals surface area contributed by atoms with Crippen LogP contribution in [0.4, 0.5) is 0 Å². The molecule has 20 heavy (non-hydrogen) atoms. The molecule has 0 unspecified atom stereocenters. The van der Waals surface area contributed by atoms with Gasteiger partial charge < -0.3 is 4.90 Å². The Labute approximate surface area is 122 Å². The molecule has 1 heterocycles. The van der Waals surface area contributed by atoms with Crippen LogP contribution in [-0.2, 0) is 14.8 Å². The van der Waals surface area contributed by atoms with Crippen LogP contribution in [0.1, 0.15) is 46.0 Å². The number of sulfonamides is 1. The zero-order chi connectivity index (χ0) is 14.9. The normalized spacial score (nSPS) is 22.8. The predicted molar refractivity (Wildman–Crippen MR) is 78.8 cm³/mol. The first-order valence-corrected chi connectivity index (χ1v) is 9.43. The number of hydrogen-bond donors (Lipinski definition) is 0. The van der Waals surface area contributed by atoms with Gasteiger partial charge in [0.1, 0.15) is 0 Å². The minimum absolute atomic E-state index is 0.144. The Bertz CT molecular complexity index is 449. The highest BCUT2D eigenvalue weighted by Gasteiger charge is 2.41. The van der Waals surface area contributed by atoms with Crippen molar-refractivity contribution >= 4 is 15.9 Å². The molecule has 2 rings (SSSR count). The van der Waals surface area contributed by atoms with E-state index in [-0.39, 0.29) is 17.9 Å². The lowest BCUT2D eigenvalue weighted by molar-refractivity contribution is -0.144. The van der Waals surface area contributed by atoms with E-state index in [0.717, 1.165) is 12.8 Å². The van der Waals surface area contributed by atoms with Crippen LogP contribution < -0.4 is 0 Å². The number of nitrogens with zero attached hydrogens (tertiary/aromatic N) is 2. The van der Waals surface area contributed by atoms with Gasteiger partial charge in [0.25, 0.3) is 0 Å². The van der Waals surface area contributed by atoms with Crippen molar-refractivity contribution in [3.63, 3.8) is 0 Å². The summed E-state index contributed by atoms with van der Waals surface area (Å²) in [5.74, 6) is 0.000788. The molecule has 6 heteroatoms. The summed E-state index contributed by atoms with van der Waals surface area (Å²) in [5, 5.41) is 0. The van der Waals surface area contributed by atoms with Gasteiger partial charge >= 0.3 is 0 Å². The highest BCUT2D eigenvalue weighted by atomic mass is 32.2. The monoisotopic (exact) mass is 302 g/mol. The molecule has 1 aliphatic heterocycles. The maximum Gasteiger partial charge on any atom is 0.228 e. The van der Waals surface area contributed by atoms with Gasteiger partial charge in [0, 0.05) is 25.2 Å². The van der Waals surface area contributed by atoms with Gasteiger partial charge in [0.2, 0.25) is 15.9 Å². The van der Waals surface area contributed by atoms with Gasteiger partial charge in [-0.25, -0.2) is 12.7 Å². The predicted octanol–water partition coefficient (Wildman–Crippen LogP) is 1.45. The van der Waals surface area contributed by atoms with Crippen LogP contribution in [0.5, 0.6) is 0 Å². The van der Waals surface area contributed by atoms with Crippen molar-refractivity contribution in [2.75, 3.05) is 19.3 Å². The van der Waals surface area contributed by atoms with Crippen LogP contribution in [0.15, 0.2) is 0 Å². The molecular weight excluding hydrogens is 276 g/mol. The van der Waals surface area contributed by atoms with E-state index in [2.05, 4.69) is 13.8 Å². The average Bonchev–Trinajstić information content (AvgIpc) is 2.25. The summed E-state index contributed by atoms with van der Waals surface area (Å²) in [4.78, 5) is 14.7. The largest absolute Gasteiger partial charge is 0.337 e. The second-order valence-corrected chi connectivity index (χ2v) is 8.39. The van der Waals surface area contributed by atoms with E-state index in [0.29, 0.717) is 19.1 Å². The molecule has 0 N–H and O–H groups in total. The fourth-order valence-electron chi connectivity index (χ4n) is 3.29. The molecule has 1 aliphatic carbocycles. The molecule has 1 saturated heterocycles. The molecule has 0 radical (unpaired) electrons. The summed E-state index contributed by atoms with van der Waals surface area (Å²) >= 11 is 0. The maximum atomic E-state index is 12.6. The lowest BCUT2D eigenvalue weighted by Crippen LogP contribution is -2.59. The summed E-state index contributed by atoms with van der Waals surface area (Å²) in [6, 6.07) is 0.543. The molecule has 116 valence electrons. The molecule has 0 spiro atoms. The fourth-order valence-corrected chi connectivity index (χ4v) is 4.19. The first-order chi connectivity index (χ1) is 9.30. The van der Waals surface area contributed by atoms with Crippen molar-refractivity contribution in [2.24, 2.45) is 5.92 Å². The first-order valence-electron chi connectivity index (χ1n) is 7.58. The summed E-state index contributed by atoms with van der Waals surface area (Å²) in [7, 11) is -3.14. The molecular formula is C14H26N2O3S. The van der Waals surface area contributed by atoms with Crippen molar-refractivity contribution in [3.05, 3.63) is 0 Å². The van der Waals surface area contributed by atoms with Gasteiger partial charge in [-0.1, -0.05) is 19.3 Å². The minimum Gasteiger partial charge on any atom is -0.337 e. The first kappa shape index (κ1) is 15.8. The highest BCUT2D eigenvalue weighted by Crippen LogP contribution is 2.28. The molecule has 2 fully saturated rings. The molecule has 1 saturated carbocycles. The fraction of sp³-hybridized carbons (Fsp3) is 0.929.